The lowest BCUT2D eigenvalue weighted by Gasteiger charge is -2.12. The SMILES string of the molecule is C=CCn1c(SCCOc2ccccc2C(C)=O)nc2cc(Cl)ccc2c1=O. The van der Waals surface area contributed by atoms with E-state index in [9.17, 15) is 9.59 Å². The standard InChI is InChI=1S/C21H19ClN2O3S/c1-3-10-24-20(26)17-9-8-15(22)13-18(17)23-21(24)28-12-11-27-19-7-5-4-6-16(19)14(2)25/h3-9,13H,1,10-12H2,2H3. The number of carbonyl (C=O) groups is 1. The Morgan fingerprint density at radius 2 is 2.11 bits per heavy atom. The van der Waals surface area contributed by atoms with Gasteiger partial charge in [-0.3, -0.25) is 14.2 Å². The number of para-hydroxylation sites is 1. The highest BCUT2D eigenvalue weighted by Gasteiger charge is 2.12. The summed E-state index contributed by atoms with van der Waals surface area (Å²) in [5, 5.41) is 1.62. The van der Waals surface area contributed by atoms with E-state index in [-0.39, 0.29) is 11.3 Å². The molecule has 3 aromatic rings. The van der Waals surface area contributed by atoms with Crippen molar-refractivity contribution in [3.63, 3.8) is 0 Å². The van der Waals surface area contributed by atoms with Gasteiger partial charge in [0.2, 0.25) is 0 Å². The summed E-state index contributed by atoms with van der Waals surface area (Å²) in [6.07, 6.45) is 1.66. The van der Waals surface area contributed by atoms with Crippen molar-refractivity contribution in [2.24, 2.45) is 0 Å². The number of ketones is 1. The van der Waals surface area contributed by atoms with Gasteiger partial charge in [0.15, 0.2) is 10.9 Å². The molecule has 0 spiro atoms. The Labute approximate surface area is 172 Å². The van der Waals surface area contributed by atoms with Crippen LogP contribution in [0.25, 0.3) is 10.9 Å². The van der Waals surface area contributed by atoms with Crippen LogP contribution in [-0.4, -0.2) is 27.7 Å². The Morgan fingerprint density at radius 3 is 2.86 bits per heavy atom. The van der Waals surface area contributed by atoms with Crippen molar-refractivity contribution in [1.29, 1.82) is 0 Å². The largest absolute Gasteiger partial charge is 0.492 e. The molecule has 144 valence electrons. The molecular weight excluding hydrogens is 396 g/mol. The van der Waals surface area contributed by atoms with E-state index < -0.39 is 0 Å². The topological polar surface area (TPSA) is 61.2 Å². The highest BCUT2D eigenvalue weighted by Crippen LogP contribution is 2.22. The molecule has 0 fully saturated rings. The van der Waals surface area contributed by atoms with Crippen molar-refractivity contribution >= 4 is 40.0 Å². The molecule has 1 aromatic heterocycles. The van der Waals surface area contributed by atoms with Crippen molar-refractivity contribution < 1.29 is 9.53 Å². The second-order valence-electron chi connectivity index (χ2n) is 6.01. The molecule has 3 rings (SSSR count). The van der Waals surface area contributed by atoms with Gasteiger partial charge < -0.3 is 4.74 Å². The summed E-state index contributed by atoms with van der Waals surface area (Å²) in [5.41, 5.74) is 0.976. The number of hydrogen-bond donors (Lipinski definition) is 0. The number of thioether (sulfide) groups is 1. The van der Waals surface area contributed by atoms with Gasteiger partial charge in [-0.1, -0.05) is 41.6 Å². The zero-order valence-corrected chi connectivity index (χ0v) is 16.9. The molecule has 1 heterocycles. The quantitative estimate of drug-likeness (QED) is 0.177. The van der Waals surface area contributed by atoms with E-state index in [2.05, 4.69) is 11.6 Å². The van der Waals surface area contributed by atoms with Gasteiger partial charge in [-0.2, -0.15) is 0 Å². The van der Waals surface area contributed by atoms with Gasteiger partial charge in [0.25, 0.3) is 5.56 Å². The maximum Gasteiger partial charge on any atom is 0.262 e. The summed E-state index contributed by atoms with van der Waals surface area (Å²) in [7, 11) is 0. The van der Waals surface area contributed by atoms with Crippen LogP contribution >= 0.6 is 23.4 Å². The molecule has 5 nitrogen and oxygen atoms in total. The smallest absolute Gasteiger partial charge is 0.262 e. The minimum absolute atomic E-state index is 0.0452. The third-order valence-electron chi connectivity index (χ3n) is 4.03. The lowest BCUT2D eigenvalue weighted by atomic mass is 10.1. The molecular formula is C21H19ClN2O3S. The number of fused-ring (bicyclic) bond motifs is 1. The molecule has 7 heteroatoms. The van der Waals surface area contributed by atoms with E-state index in [1.54, 1.807) is 47.0 Å². The molecule has 0 aliphatic carbocycles. The first kappa shape index (κ1) is 20.2. The highest BCUT2D eigenvalue weighted by molar-refractivity contribution is 7.99. The Hall–Kier alpha value is -2.57. The fraction of sp³-hybridized carbons (Fsp3) is 0.190. The number of carbonyl (C=O) groups excluding carboxylic acids is 1. The van der Waals surface area contributed by atoms with E-state index in [0.29, 0.717) is 51.3 Å². The minimum atomic E-state index is -0.132. The summed E-state index contributed by atoms with van der Waals surface area (Å²) < 4.78 is 7.34. The molecule has 0 radical (unpaired) electrons. The number of halogens is 1. The average molecular weight is 415 g/mol. The van der Waals surface area contributed by atoms with Crippen LogP contribution in [0.2, 0.25) is 5.02 Å². The normalized spacial score (nSPS) is 10.8. The van der Waals surface area contributed by atoms with Crippen LogP contribution in [0.1, 0.15) is 17.3 Å². The molecule has 0 aliphatic heterocycles. The molecule has 0 amide bonds. The van der Waals surface area contributed by atoms with Gasteiger partial charge >= 0.3 is 0 Å². The third-order valence-corrected chi connectivity index (χ3v) is 5.21. The first-order chi connectivity index (χ1) is 13.5. The van der Waals surface area contributed by atoms with Gasteiger partial charge in [0.1, 0.15) is 5.75 Å². The Bertz CT molecular complexity index is 1090. The van der Waals surface area contributed by atoms with Gasteiger partial charge in [-0.05, 0) is 37.3 Å². The molecule has 0 aliphatic rings. The number of hydrogen-bond acceptors (Lipinski definition) is 5. The monoisotopic (exact) mass is 414 g/mol. The number of benzene rings is 2. The average Bonchev–Trinajstić information content (AvgIpc) is 2.68. The van der Waals surface area contributed by atoms with Crippen molar-refractivity contribution in [1.82, 2.24) is 9.55 Å². The van der Waals surface area contributed by atoms with E-state index >= 15 is 0 Å². The molecule has 0 unspecified atom stereocenters. The van der Waals surface area contributed by atoms with Crippen molar-refractivity contribution in [2.75, 3.05) is 12.4 Å². The summed E-state index contributed by atoms with van der Waals surface area (Å²) >= 11 is 7.45. The lowest BCUT2D eigenvalue weighted by Crippen LogP contribution is -2.23. The van der Waals surface area contributed by atoms with E-state index in [1.165, 1.54) is 18.7 Å². The number of nitrogens with zero attached hydrogens (tertiary/aromatic N) is 2. The van der Waals surface area contributed by atoms with E-state index in [0.717, 1.165) is 0 Å². The van der Waals surface area contributed by atoms with E-state index in [1.807, 2.05) is 6.07 Å². The summed E-state index contributed by atoms with van der Waals surface area (Å²) in [5.74, 6) is 1.07. The summed E-state index contributed by atoms with van der Waals surface area (Å²) in [4.78, 5) is 29.0. The van der Waals surface area contributed by atoms with Crippen LogP contribution in [0, 0.1) is 0 Å². The Kier molecular flexibility index (Phi) is 6.54. The number of allylic oxidation sites excluding steroid dienone is 1. The third kappa shape index (κ3) is 4.46. The van der Waals surface area contributed by atoms with Gasteiger partial charge in [0.05, 0.1) is 23.1 Å². The molecule has 0 atom stereocenters. The fourth-order valence-electron chi connectivity index (χ4n) is 2.74. The summed E-state index contributed by atoms with van der Waals surface area (Å²) in [6.45, 7) is 5.96. The number of aromatic nitrogens is 2. The van der Waals surface area contributed by atoms with Crippen molar-refractivity contribution in [2.45, 2.75) is 18.6 Å². The van der Waals surface area contributed by atoms with Crippen molar-refractivity contribution in [3.8, 4) is 5.75 Å². The Morgan fingerprint density at radius 1 is 1.32 bits per heavy atom. The second kappa shape index (κ2) is 9.08. The molecule has 2 aromatic carbocycles. The first-order valence-corrected chi connectivity index (χ1v) is 10.0. The molecule has 28 heavy (non-hydrogen) atoms. The van der Waals surface area contributed by atoms with Crippen LogP contribution in [0.15, 0.2) is 65.1 Å². The van der Waals surface area contributed by atoms with Crippen LogP contribution < -0.4 is 10.3 Å². The van der Waals surface area contributed by atoms with Crippen molar-refractivity contribution in [3.05, 3.63) is 76.1 Å². The van der Waals surface area contributed by atoms with Crippen LogP contribution in [-0.2, 0) is 6.54 Å². The summed E-state index contributed by atoms with van der Waals surface area (Å²) in [6, 6.07) is 12.2. The second-order valence-corrected chi connectivity index (χ2v) is 7.51. The van der Waals surface area contributed by atoms with E-state index in [4.69, 9.17) is 16.3 Å². The number of ether oxygens (including phenoxy) is 1. The van der Waals surface area contributed by atoms with Gasteiger partial charge in [-0.15, -0.1) is 6.58 Å². The fourth-order valence-corrected chi connectivity index (χ4v) is 3.73. The lowest BCUT2D eigenvalue weighted by molar-refractivity contribution is 0.101. The number of rotatable bonds is 8. The molecule has 0 N–H and O–H groups in total. The molecule has 0 saturated heterocycles. The zero-order chi connectivity index (χ0) is 20.1. The van der Waals surface area contributed by atoms with Gasteiger partial charge in [0, 0.05) is 17.3 Å². The predicted molar refractivity (Wildman–Crippen MR) is 114 cm³/mol. The van der Waals surface area contributed by atoms with Gasteiger partial charge in [-0.25, -0.2) is 4.98 Å². The van der Waals surface area contributed by atoms with Crippen LogP contribution in [0.5, 0.6) is 5.75 Å². The Balaban J connectivity index is 1.78. The molecule has 0 bridgehead atoms. The van der Waals surface area contributed by atoms with Crippen LogP contribution in [0.3, 0.4) is 0 Å². The maximum atomic E-state index is 12.8. The highest BCUT2D eigenvalue weighted by atomic mass is 35.5. The molecule has 0 saturated carbocycles. The number of Topliss-reactive ketones (excluding diaryl/α,β-unsaturated/α-hetero) is 1. The minimum Gasteiger partial charge on any atom is -0.492 e. The maximum absolute atomic E-state index is 12.8. The predicted octanol–water partition coefficient (Wildman–Crippen LogP) is 4.61. The van der Waals surface area contributed by atoms with Crippen LogP contribution in [0.4, 0.5) is 0 Å². The zero-order valence-electron chi connectivity index (χ0n) is 15.4. The first-order valence-electron chi connectivity index (χ1n) is 8.68.